The zero-order chi connectivity index (χ0) is 15.4. The summed E-state index contributed by atoms with van der Waals surface area (Å²) in [4.78, 5) is 21.5. The van der Waals surface area contributed by atoms with Gasteiger partial charge in [-0.15, -0.1) is 0 Å². The minimum Gasteiger partial charge on any atom is -0.381 e. The van der Waals surface area contributed by atoms with E-state index in [0.29, 0.717) is 23.4 Å². The number of nitrogens with one attached hydrogen (secondary N) is 1. The number of primary amides is 1. The van der Waals surface area contributed by atoms with Crippen LogP contribution in [0, 0.1) is 17.0 Å². The third kappa shape index (κ3) is 3.36. The summed E-state index contributed by atoms with van der Waals surface area (Å²) in [5.41, 5.74) is 7.97. The lowest BCUT2D eigenvalue weighted by molar-refractivity contribution is -0.385. The van der Waals surface area contributed by atoms with Crippen molar-refractivity contribution in [1.29, 1.82) is 0 Å². The monoisotopic (exact) mass is 285 g/mol. The average Bonchev–Trinajstić information content (AvgIpc) is 2.46. The molecule has 0 saturated heterocycles. The normalized spacial score (nSPS) is 10.1. The second kappa shape index (κ2) is 6.04. The molecule has 0 aromatic heterocycles. The van der Waals surface area contributed by atoms with Gasteiger partial charge in [0.25, 0.3) is 5.69 Å². The maximum absolute atomic E-state index is 11.0. The summed E-state index contributed by atoms with van der Waals surface area (Å²) in [7, 11) is 0. The Bertz CT molecular complexity index is 681. The van der Waals surface area contributed by atoms with Crippen molar-refractivity contribution in [2.45, 2.75) is 13.5 Å². The molecule has 0 aliphatic rings. The fourth-order valence-corrected chi connectivity index (χ4v) is 2.00. The molecule has 0 aliphatic carbocycles. The van der Waals surface area contributed by atoms with Gasteiger partial charge in [-0.2, -0.15) is 0 Å². The molecule has 0 radical (unpaired) electrons. The highest BCUT2D eigenvalue weighted by molar-refractivity contribution is 5.92. The van der Waals surface area contributed by atoms with Crippen molar-refractivity contribution in [3.63, 3.8) is 0 Å². The number of rotatable bonds is 5. The van der Waals surface area contributed by atoms with Gasteiger partial charge in [0.1, 0.15) is 0 Å². The van der Waals surface area contributed by atoms with E-state index in [1.165, 1.54) is 6.07 Å². The first-order valence-corrected chi connectivity index (χ1v) is 6.35. The number of nitro benzene ring substituents is 1. The molecule has 2 aromatic carbocycles. The first-order valence-electron chi connectivity index (χ1n) is 6.35. The number of nitrogens with two attached hydrogens (primary N) is 1. The van der Waals surface area contributed by atoms with E-state index >= 15 is 0 Å². The molecule has 3 N–H and O–H groups in total. The molecule has 0 aliphatic heterocycles. The van der Waals surface area contributed by atoms with Crippen molar-refractivity contribution < 1.29 is 9.72 Å². The van der Waals surface area contributed by atoms with Crippen molar-refractivity contribution in [3.05, 3.63) is 69.3 Å². The Kier molecular flexibility index (Phi) is 4.18. The lowest BCUT2D eigenvalue weighted by Gasteiger charge is -2.10. The van der Waals surface area contributed by atoms with E-state index in [-0.39, 0.29) is 5.69 Å². The topological polar surface area (TPSA) is 98.3 Å². The van der Waals surface area contributed by atoms with Gasteiger partial charge in [0.05, 0.1) is 4.92 Å². The smallest absolute Gasteiger partial charge is 0.274 e. The van der Waals surface area contributed by atoms with Crippen molar-refractivity contribution in [2.75, 3.05) is 5.32 Å². The Morgan fingerprint density at radius 3 is 2.48 bits per heavy atom. The van der Waals surface area contributed by atoms with E-state index in [0.717, 1.165) is 5.56 Å². The number of anilines is 1. The quantitative estimate of drug-likeness (QED) is 0.651. The lowest BCUT2D eigenvalue weighted by atomic mass is 10.1. The molecule has 0 bridgehead atoms. The van der Waals surface area contributed by atoms with E-state index in [2.05, 4.69) is 5.32 Å². The van der Waals surface area contributed by atoms with Gasteiger partial charge in [-0.3, -0.25) is 14.9 Å². The molecule has 6 heteroatoms. The van der Waals surface area contributed by atoms with E-state index in [9.17, 15) is 14.9 Å². The highest BCUT2D eigenvalue weighted by atomic mass is 16.6. The largest absolute Gasteiger partial charge is 0.381 e. The Morgan fingerprint density at radius 2 is 1.90 bits per heavy atom. The number of benzene rings is 2. The van der Waals surface area contributed by atoms with Crippen LogP contribution in [0.4, 0.5) is 11.4 Å². The van der Waals surface area contributed by atoms with E-state index < -0.39 is 10.8 Å². The Balaban J connectivity index is 2.11. The van der Waals surface area contributed by atoms with Gasteiger partial charge in [0, 0.05) is 29.4 Å². The summed E-state index contributed by atoms with van der Waals surface area (Å²) in [5, 5.41) is 14.0. The van der Waals surface area contributed by atoms with Crippen molar-refractivity contribution >= 4 is 17.3 Å². The molecule has 0 unspecified atom stereocenters. The van der Waals surface area contributed by atoms with E-state index in [1.54, 1.807) is 43.3 Å². The fraction of sp³-hybridized carbons (Fsp3) is 0.133. The van der Waals surface area contributed by atoms with Crippen LogP contribution in [0.25, 0.3) is 0 Å². The first kappa shape index (κ1) is 14.5. The van der Waals surface area contributed by atoms with Crippen LogP contribution < -0.4 is 11.1 Å². The highest BCUT2D eigenvalue weighted by Gasteiger charge is 2.12. The molecule has 1 amide bonds. The number of carbonyl (C=O) groups is 1. The molecule has 21 heavy (non-hydrogen) atoms. The van der Waals surface area contributed by atoms with Crippen molar-refractivity contribution in [2.24, 2.45) is 5.73 Å². The van der Waals surface area contributed by atoms with Crippen LogP contribution in [0.5, 0.6) is 0 Å². The average molecular weight is 285 g/mol. The molecular weight excluding hydrogens is 270 g/mol. The molecule has 108 valence electrons. The zero-order valence-corrected chi connectivity index (χ0v) is 11.5. The molecule has 0 fully saturated rings. The van der Waals surface area contributed by atoms with Crippen molar-refractivity contribution in [1.82, 2.24) is 0 Å². The van der Waals surface area contributed by atoms with Gasteiger partial charge in [-0.25, -0.2) is 0 Å². The van der Waals surface area contributed by atoms with Gasteiger partial charge in [0.15, 0.2) is 0 Å². The van der Waals surface area contributed by atoms with E-state index in [4.69, 9.17) is 5.73 Å². The van der Waals surface area contributed by atoms with Crippen LogP contribution in [0.3, 0.4) is 0 Å². The Hall–Kier alpha value is -2.89. The summed E-state index contributed by atoms with van der Waals surface area (Å²) >= 11 is 0. The van der Waals surface area contributed by atoms with Crippen LogP contribution in [0.2, 0.25) is 0 Å². The maximum atomic E-state index is 11.0. The van der Waals surface area contributed by atoms with Gasteiger partial charge in [-0.1, -0.05) is 18.2 Å². The van der Waals surface area contributed by atoms with Gasteiger partial charge in [-0.05, 0) is 30.7 Å². The van der Waals surface area contributed by atoms with Crippen LogP contribution >= 0.6 is 0 Å². The highest BCUT2D eigenvalue weighted by Crippen LogP contribution is 2.25. The Labute approximate surface area is 121 Å². The number of hydrogen-bond acceptors (Lipinski definition) is 4. The number of amides is 1. The molecule has 0 spiro atoms. The molecular formula is C15H15N3O3. The summed E-state index contributed by atoms with van der Waals surface area (Å²) in [6.07, 6.45) is 0. The molecule has 0 heterocycles. The minimum absolute atomic E-state index is 0.0871. The fourth-order valence-electron chi connectivity index (χ4n) is 2.00. The summed E-state index contributed by atoms with van der Waals surface area (Å²) in [6, 6.07) is 11.8. The maximum Gasteiger partial charge on any atom is 0.274 e. The molecule has 0 saturated carbocycles. The van der Waals surface area contributed by atoms with E-state index in [1.807, 2.05) is 0 Å². The predicted molar refractivity (Wildman–Crippen MR) is 80.1 cm³/mol. The SMILES string of the molecule is Cc1c(NCc2ccc(C(N)=O)cc2)cccc1[N+](=O)[O-]. The third-order valence-corrected chi connectivity index (χ3v) is 3.22. The predicted octanol–water partition coefficient (Wildman–Crippen LogP) is 2.61. The number of nitro groups is 1. The lowest BCUT2D eigenvalue weighted by Crippen LogP contribution is -2.10. The summed E-state index contributed by atoms with van der Waals surface area (Å²) < 4.78 is 0. The number of hydrogen-bond donors (Lipinski definition) is 2. The molecule has 0 atom stereocenters. The minimum atomic E-state index is -0.468. The van der Waals surface area contributed by atoms with Crippen LogP contribution in [0.15, 0.2) is 42.5 Å². The van der Waals surface area contributed by atoms with Gasteiger partial charge >= 0.3 is 0 Å². The number of nitrogens with zero attached hydrogens (tertiary/aromatic N) is 1. The summed E-state index contributed by atoms with van der Waals surface area (Å²) in [5.74, 6) is -0.468. The molecule has 6 nitrogen and oxygen atoms in total. The first-order chi connectivity index (χ1) is 9.99. The second-order valence-electron chi connectivity index (χ2n) is 4.62. The summed E-state index contributed by atoms with van der Waals surface area (Å²) in [6.45, 7) is 2.21. The van der Waals surface area contributed by atoms with Crippen LogP contribution in [-0.2, 0) is 6.54 Å². The zero-order valence-electron chi connectivity index (χ0n) is 11.5. The third-order valence-electron chi connectivity index (χ3n) is 3.22. The molecule has 2 rings (SSSR count). The molecule has 2 aromatic rings. The standard InChI is InChI=1S/C15H15N3O3/c1-10-13(3-2-4-14(10)18(20)21)17-9-11-5-7-12(8-6-11)15(16)19/h2-8,17H,9H2,1H3,(H2,16,19). The van der Waals surface area contributed by atoms with Gasteiger partial charge in [0.2, 0.25) is 5.91 Å². The number of carbonyl (C=O) groups excluding carboxylic acids is 1. The second-order valence-corrected chi connectivity index (χ2v) is 4.62. The van der Waals surface area contributed by atoms with Crippen LogP contribution in [-0.4, -0.2) is 10.8 Å². The van der Waals surface area contributed by atoms with Crippen molar-refractivity contribution in [3.8, 4) is 0 Å². The van der Waals surface area contributed by atoms with Crippen LogP contribution in [0.1, 0.15) is 21.5 Å². The Morgan fingerprint density at radius 1 is 1.24 bits per heavy atom. The van der Waals surface area contributed by atoms with Gasteiger partial charge < -0.3 is 11.1 Å².